The molecule has 2 rings (SSSR count). The van der Waals surface area contributed by atoms with Crippen LogP contribution < -0.4 is 10.2 Å². The summed E-state index contributed by atoms with van der Waals surface area (Å²) in [5.41, 5.74) is 3.55. The Balaban J connectivity index is 2.00. The van der Waals surface area contributed by atoms with Crippen LogP contribution in [0.2, 0.25) is 0 Å². The fourth-order valence-corrected chi connectivity index (χ4v) is 2.02. The third-order valence-electron chi connectivity index (χ3n) is 2.93. The van der Waals surface area contributed by atoms with Crippen LogP contribution in [0.3, 0.4) is 0 Å². The topological polar surface area (TPSA) is 28.2 Å². The molecule has 19 heavy (non-hydrogen) atoms. The first-order valence-corrected chi connectivity index (χ1v) is 6.98. The van der Waals surface area contributed by atoms with E-state index in [2.05, 4.69) is 51.4 Å². The Labute approximate surface area is 122 Å². The zero-order chi connectivity index (χ0) is 13.8. The SMILES string of the molecule is Cc1cc(CNc2ccc(N(C)C)nc2)ccc1Br. The first-order valence-electron chi connectivity index (χ1n) is 6.18. The van der Waals surface area contributed by atoms with Gasteiger partial charge in [-0.2, -0.15) is 0 Å². The Morgan fingerprint density at radius 1 is 1.21 bits per heavy atom. The standard InChI is InChI=1S/C15H18BrN3/c1-11-8-12(4-6-14(11)16)9-17-13-5-7-15(18-10-13)19(2)3/h4-8,10,17H,9H2,1-3H3. The van der Waals surface area contributed by atoms with Crippen molar-refractivity contribution < 1.29 is 0 Å². The minimum atomic E-state index is 0.803. The molecular formula is C15H18BrN3. The molecule has 0 spiro atoms. The predicted octanol–water partition coefficient (Wildman–Crippen LogP) is 3.83. The zero-order valence-electron chi connectivity index (χ0n) is 11.4. The molecule has 1 heterocycles. The third-order valence-corrected chi connectivity index (χ3v) is 3.81. The largest absolute Gasteiger partial charge is 0.380 e. The van der Waals surface area contributed by atoms with E-state index in [0.717, 1.165) is 22.5 Å². The van der Waals surface area contributed by atoms with Crippen molar-refractivity contribution in [2.24, 2.45) is 0 Å². The molecule has 4 heteroatoms. The number of nitrogens with one attached hydrogen (secondary N) is 1. The van der Waals surface area contributed by atoms with Crippen LogP contribution in [0.25, 0.3) is 0 Å². The Hall–Kier alpha value is -1.55. The maximum absolute atomic E-state index is 4.38. The molecule has 1 aromatic carbocycles. The molecule has 0 aliphatic rings. The van der Waals surface area contributed by atoms with Gasteiger partial charge in [0.05, 0.1) is 11.9 Å². The van der Waals surface area contributed by atoms with Crippen molar-refractivity contribution in [3.05, 3.63) is 52.1 Å². The molecule has 1 aromatic heterocycles. The molecule has 0 unspecified atom stereocenters. The summed E-state index contributed by atoms with van der Waals surface area (Å²) in [5, 5.41) is 3.38. The van der Waals surface area contributed by atoms with Gasteiger partial charge in [-0.3, -0.25) is 0 Å². The summed E-state index contributed by atoms with van der Waals surface area (Å²) in [6.07, 6.45) is 1.86. The van der Waals surface area contributed by atoms with Gasteiger partial charge in [0.1, 0.15) is 5.82 Å². The van der Waals surface area contributed by atoms with Crippen molar-refractivity contribution in [3.8, 4) is 0 Å². The van der Waals surface area contributed by atoms with Crippen LogP contribution in [0.5, 0.6) is 0 Å². The lowest BCUT2D eigenvalue weighted by atomic mass is 10.1. The van der Waals surface area contributed by atoms with Crippen LogP contribution in [0, 0.1) is 6.92 Å². The molecule has 0 aliphatic carbocycles. The second kappa shape index (κ2) is 6.06. The van der Waals surface area contributed by atoms with Crippen LogP contribution in [0.1, 0.15) is 11.1 Å². The van der Waals surface area contributed by atoms with Crippen LogP contribution in [0.4, 0.5) is 11.5 Å². The van der Waals surface area contributed by atoms with E-state index in [9.17, 15) is 0 Å². The number of hydrogen-bond donors (Lipinski definition) is 1. The van der Waals surface area contributed by atoms with Gasteiger partial charge in [-0.25, -0.2) is 4.98 Å². The molecule has 0 fully saturated rings. The van der Waals surface area contributed by atoms with Crippen LogP contribution in [0.15, 0.2) is 41.0 Å². The first kappa shape index (κ1) is 13.9. The van der Waals surface area contributed by atoms with Gasteiger partial charge in [-0.05, 0) is 36.2 Å². The molecule has 2 aromatic rings. The minimum absolute atomic E-state index is 0.803. The first-order chi connectivity index (χ1) is 9.06. The number of aromatic nitrogens is 1. The molecule has 0 saturated heterocycles. The van der Waals surface area contributed by atoms with Crippen molar-refractivity contribution in [1.29, 1.82) is 0 Å². The molecule has 0 bridgehead atoms. The van der Waals surface area contributed by atoms with Crippen molar-refractivity contribution in [1.82, 2.24) is 4.98 Å². The van der Waals surface area contributed by atoms with E-state index < -0.39 is 0 Å². The monoisotopic (exact) mass is 319 g/mol. The van der Waals surface area contributed by atoms with Crippen molar-refractivity contribution >= 4 is 27.4 Å². The second-order valence-corrected chi connectivity index (χ2v) is 5.59. The molecule has 0 amide bonds. The summed E-state index contributed by atoms with van der Waals surface area (Å²) in [4.78, 5) is 6.37. The quantitative estimate of drug-likeness (QED) is 0.928. The highest BCUT2D eigenvalue weighted by Crippen LogP contribution is 2.18. The van der Waals surface area contributed by atoms with E-state index in [-0.39, 0.29) is 0 Å². The second-order valence-electron chi connectivity index (χ2n) is 4.74. The van der Waals surface area contributed by atoms with Gasteiger partial charge in [-0.1, -0.05) is 28.1 Å². The molecule has 100 valence electrons. The number of benzene rings is 1. The van der Waals surface area contributed by atoms with Gasteiger partial charge < -0.3 is 10.2 Å². The molecular weight excluding hydrogens is 302 g/mol. The van der Waals surface area contributed by atoms with E-state index in [1.165, 1.54) is 11.1 Å². The summed E-state index contributed by atoms with van der Waals surface area (Å²) < 4.78 is 1.15. The van der Waals surface area contributed by atoms with Gasteiger partial charge in [0.2, 0.25) is 0 Å². The van der Waals surface area contributed by atoms with Gasteiger partial charge in [0.15, 0.2) is 0 Å². The highest BCUT2D eigenvalue weighted by molar-refractivity contribution is 9.10. The van der Waals surface area contributed by atoms with Gasteiger partial charge in [0, 0.05) is 25.1 Å². The van der Waals surface area contributed by atoms with Crippen LogP contribution in [-0.4, -0.2) is 19.1 Å². The Morgan fingerprint density at radius 3 is 2.58 bits per heavy atom. The number of aryl methyl sites for hydroxylation is 1. The summed E-state index contributed by atoms with van der Waals surface area (Å²) in [6, 6.07) is 10.4. The van der Waals surface area contributed by atoms with Crippen molar-refractivity contribution in [3.63, 3.8) is 0 Å². The smallest absolute Gasteiger partial charge is 0.128 e. The van der Waals surface area contributed by atoms with Gasteiger partial charge in [-0.15, -0.1) is 0 Å². The number of pyridine rings is 1. The number of halogens is 1. The van der Waals surface area contributed by atoms with E-state index in [0.29, 0.717) is 0 Å². The third kappa shape index (κ3) is 3.70. The molecule has 0 saturated carbocycles. The highest BCUT2D eigenvalue weighted by atomic mass is 79.9. The predicted molar refractivity (Wildman–Crippen MR) is 84.8 cm³/mol. The molecule has 1 N–H and O–H groups in total. The van der Waals surface area contributed by atoms with E-state index in [1.807, 2.05) is 37.3 Å². The van der Waals surface area contributed by atoms with Gasteiger partial charge >= 0.3 is 0 Å². The number of anilines is 2. The molecule has 3 nitrogen and oxygen atoms in total. The Morgan fingerprint density at radius 2 is 2.00 bits per heavy atom. The number of rotatable bonds is 4. The molecule has 0 atom stereocenters. The van der Waals surface area contributed by atoms with Crippen LogP contribution in [-0.2, 0) is 6.54 Å². The van der Waals surface area contributed by atoms with E-state index >= 15 is 0 Å². The fraction of sp³-hybridized carbons (Fsp3) is 0.267. The lowest BCUT2D eigenvalue weighted by Crippen LogP contribution is -2.10. The van der Waals surface area contributed by atoms with E-state index in [4.69, 9.17) is 0 Å². The zero-order valence-corrected chi connectivity index (χ0v) is 13.0. The highest BCUT2D eigenvalue weighted by Gasteiger charge is 2.00. The number of hydrogen-bond acceptors (Lipinski definition) is 3. The summed E-state index contributed by atoms with van der Waals surface area (Å²) in [7, 11) is 3.97. The molecule has 0 radical (unpaired) electrons. The maximum atomic E-state index is 4.38. The molecule has 0 aliphatic heterocycles. The summed E-state index contributed by atoms with van der Waals surface area (Å²) in [5.74, 6) is 0.963. The maximum Gasteiger partial charge on any atom is 0.128 e. The fourth-order valence-electron chi connectivity index (χ4n) is 1.78. The minimum Gasteiger partial charge on any atom is -0.380 e. The Kier molecular flexibility index (Phi) is 4.43. The Bertz CT molecular complexity index is 550. The van der Waals surface area contributed by atoms with Crippen molar-refractivity contribution in [2.75, 3.05) is 24.3 Å². The lowest BCUT2D eigenvalue weighted by Gasteiger charge is -2.12. The van der Waals surface area contributed by atoms with E-state index in [1.54, 1.807) is 0 Å². The van der Waals surface area contributed by atoms with Crippen molar-refractivity contribution in [2.45, 2.75) is 13.5 Å². The number of nitrogens with zero attached hydrogens (tertiary/aromatic N) is 2. The summed E-state index contributed by atoms with van der Waals surface area (Å²) >= 11 is 3.51. The average Bonchev–Trinajstić information content (AvgIpc) is 2.40. The summed E-state index contributed by atoms with van der Waals surface area (Å²) in [6.45, 7) is 2.90. The van der Waals surface area contributed by atoms with Gasteiger partial charge in [0.25, 0.3) is 0 Å². The van der Waals surface area contributed by atoms with Crippen LogP contribution >= 0.6 is 15.9 Å². The lowest BCUT2D eigenvalue weighted by molar-refractivity contribution is 1.06. The normalized spacial score (nSPS) is 10.3. The average molecular weight is 320 g/mol.